The lowest BCUT2D eigenvalue weighted by Gasteiger charge is -2.28. The van der Waals surface area contributed by atoms with Crippen molar-refractivity contribution in [2.75, 3.05) is 18.5 Å². The molecule has 1 fully saturated rings. The number of carbonyl (C=O) groups excluding carboxylic acids is 5. The Morgan fingerprint density at radius 2 is 1.35 bits per heavy atom. The van der Waals surface area contributed by atoms with E-state index >= 15 is 0 Å². The van der Waals surface area contributed by atoms with E-state index in [9.17, 15) is 24.0 Å². The molecule has 10 heteroatoms. The Labute approximate surface area is 288 Å². The number of nitrogens with one attached hydrogen (secondary N) is 1. The van der Waals surface area contributed by atoms with E-state index in [0.717, 1.165) is 19.3 Å². The summed E-state index contributed by atoms with van der Waals surface area (Å²) in [6.45, 7) is 12.4. The van der Waals surface area contributed by atoms with Crippen LogP contribution in [-0.2, 0) is 23.9 Å². The Balaban J connectivity index is 1.96. The molecule has 10 nitrogen and oxygen atoms in total. The molecule has 0 aliphatic carbocycles. The van der Waals surface area contributed by atoms with Gasteiger partial charge in [0.2, 0.25) is 0 Å². The van der Waals surface area contributed by atoms with Crippen LogP contribution < -0.4 is 10.1 Å². The van der Waals surface area contributed by atoms with Crippen LogP contribution in [0.2, 0.25) is 0 Å². The molecule has 0 radical (unpaired) electrons. The number of Topliss-reactive ketones (excluding diaryl/α,β-unsaturated/α-hetero) is 1. The highest BCUT2D eigenvalue weighted by Gasteiger charge is 2.55. The van der Waals surface area contributed by atoms with Gasteiger partial charge in [0.1, 0.15) is 5.75 Å². The Kier molecular flexibility index (Phi) is 17.1. The summed E-state index contributed by atoms with van der Waals surface area (Å²) in [7, 11) is 0. The first kappa shape index (κ1) is 40.7. The Bertz CT molecular complexity index is 1220. The lowest BCUT2D eigenvalue weighted by atomic mass is 9.85. The van der Waals surface area contributed by atoms with Crippen LogP contribution >= 0.6 is 0 Å². The van der Waals surface area contributed by atoms with Crippen molar-refractivity contribution in [1.29, 1.82) is 0 Å². The van der Waals surface area contributed by atoms with Gasteiger partial charge in [-0.05, 0) is 44.9 Å². The van der Waals surface area contributed by atoms with Crippen molar-refractivity contribution in [3.63, 3.8) is 0 Å². The summed E-state index contributed by atoms with van der Waals surface area (Å²) in [5.41, 5.74) is -2.29. The number of unbranched alkanes of at least 4 members (excludes halogenated alkanes) is 13. The third-order valence-electron chi connectivity index (χ3n) is 8.43. The van der Waals surface area contributed by atoms with Crippen molar-refractivity contribution in [3.05, 3.63) is 23.8 Å². The molecule has 1 aliphatic rings. The standard InChI is InChI=1S/C38H60N2O8/c1-8-10-11-12-13-14-15-16-17-18-19-20-21-22-26-47-34(43)28-23-24-30(46-25-9-2)29(27-28)39-33(42)31(32(41)37(3,4)5)40-35(44)38(6,7)48-36(40)45/h23-24,27,31H,8-22,25-26H2,1-7H3,(H,39,42). The lowest BCUT2D eigenvalue weighted by Crippen LogP contribution is -2.55. The molecule has 1 aromatic carbocycles. The van der Waals surface area contributed by atoms with Gasteiger partial charge in [-0.1, -0.05) is 118 Å². The van der Waals surface area contributed by atoms with Gasteiger partial charge in [0.25, 0.3) is 11.8 Å². The minimum absolute atomic E-state index is 0.116. The summed E-state index contributed by atoms with van der Waals surface area (Å²) in [6, 6.07) is 2.73. The van der Waals surface area contributed by atoms with E-state index in [4.69, 9.17) is 14.2 Å². The number of hydrogen-bond donors (Lipinski definition) is 1. The van der Waals surface area contributed by atoms with Crippen LogP contribution in [0.25, 0.3) is 0 Å². The number of amides is 3. The number of ether oxygens (including phenoxy) is 3. The maximum absolute atomic E-state index is 13.7. The average molecular weight is 673 g/mol. The summed E-state index contributed by atoms with van der Waals surface area (Å²) in [4.78, 5) is 66.5. The van der Waals surface area contributed by atoms with Crippen molar-refractivity contribution in [3.8, 4) is 5.75 Å². The Morgan fingerprint density at radius 1 is 0.812 bits per heavy atom. The van der Waals surface area contributed by atoms with Crippen LogP contribution in [0, 0.1) is 5.41 Å². The van der Waals surface area contributed by atoms with Crippen molar-refractivity contribution >= 4 is 35.3 Å². The highest BCUT2D eigenvalue weighted by Crippen LogP contribution is 2.32. The maximum Gasteiger partial charge on any atom is 0.418 e. The minimum atomic E-state index is -1.79. The van der Waals surface area contributed by atoms with Crippen LogP contribution in [0.5, 0.6) is 5.75 Å². The first-order chi connectivity index (χ1) is 22.7. The Hall–Kier alpha value is -3.43. The third-order valence-corrected chi connectivity index (χ3v) is 8.43. The first-order valence-electron chi connectivity index (χ1n) is 18.1. The molecule has 1 heterocycles. The van der Waals surface area contributed by atoms with Gasteiger partial charge in [0.15, 0.2) is 17.4 Å². The third kappa shape index (κ3) is 12.9. The van der Waals surface area contributed by atoms with Crippen LogP contribution in [0.3, 0.4) is 0 Å². The molecule has 0 saturated carbocycles. The number of carbonyl (C=O) groups is 5. The summed E-state index contributed by atoms with van der Waals surface area (Å²) in [6.07, 6.45) is 16.9. The van der Waals surface area contributed by atoms with Gasteiger partial charge in [0.05, 0.1) is 24.5 Å². The summed E-state index contributed by atoms with van der Waals surface area (Å²) in [5.74, 6) is -2.65. The molecule has 1 aliphatic heterocycles. The van der Waals surface area contributed by atoms with Gasteiger partial charge in [-0.15, -0.1) is 0 Å². The van der Waals surface area contributed by atoms with Crippen molar-refractivity contribution in [2.45, 2.75) is 156 Å². The Morgan fingerprint density at radius 3 is 1.83 bits per heavy atom. The smallest absolute Gasteiger partial charge is 0.418 e. The second-order valence-electron chi connectivity index (χ2n) is 14.4. The zero-order chi connectivity index (χ0) is 35.7. The minimum Gasteiger partial charge on any atom is -0.491 e. The summed E-state index contributed by atoms with van der Waals surface area (Å²) < 4.78 is 16.5. The molecule has 0 aromatic heterocycles. The molecule has 2 rings (SSSR count). The second-order valence-corrected chi connectivity index (χ2v) is 14.4. The molecular weight excluding hydrogens is 612 g/mol. The molecular formula is C38H60N2O8. The van der Waals surface area contributed by atoms with Gasteiger partial charge in [-0.3, -0.25) is 14.4 Å². The van der Waals surface area contributed by atoms with Crippen LogP contribution in [0.1, 0.15) is 155 Å². The molecule has 1 saturated heterocycles. The zero-order valence-corrected chi connectivity index (χ0v) is 30.5. The van der Waals surface area contributed by atoms with E-state index < -0.39 is 46.7 Å². The summed E-state index contributed by atoms with van der Waals surface area (Å²) in [5, 5.41) is 2.64. The van der Waals surface area contributed by atoms with E-state index in [1.165, 1.54) is 90.5 Å². The van der Waals surface area contributed by atoms with E-state index in [0.29, 0.717) is 17.9 Å². The highest BCUT2D eigenvalue weighted by atomic mass is 16.6. The van der Waals surface area contributed by atoms with Crippen molar-refractivity contribution < 1.29 is 38.2 Å². The largest absolute Gasteiger partial charge is 0.491 e. The van der Waals surface area contributed by atoms with Gasteiger partial charge < -0.3 is 19.5 Å². The number of cyclic esters (lactones) is 1. The number of imide groups is 1. The molecule has 1 atom stereocenters. The monoisotopic (exact) mass is 672 g/mol. The van der Waals surface area contributed by atoms with E-state index in [1.807, 2.05) is 6.92 Å². The SMILES string of the molecule is CCCCCCCCCCCCCCCCOC(=O)c1ccc(OCCC)c(NC(=O)C(C(=O)C(C)(C)C)N2C(=O)OC(C)(C)C2=O)c1. The van der Waals surface area contributed by atoms with Crippen LogP contribution in [0.15, 0.2) is 18.2 Å². The van der Waals surface area contributed by atoms with E-state index in [1.54, 1.807) is 32.9 Å². The number of esters is 1. The number of hydrogen-bond acceptors (Lipinski definition) is 8. The van der Waals surface area contributed by atoms with E-state index in [2.05, 4.69) is 12.2 Å². The number of anilines is 1. The van der Waals surface area contributed by atoms with E-state index in [-0.39, 0.29) is 23.6 Å². The quantitative estimate of drug-likeness (QED) is 0.0694. The predicted octanol–water partition coefficient (Wildman–Crippen LogP) is 8.79. The van der Waals surface area contributed by atoms with Gasteiger partial charge in [-0.2, -0.15) is 0 Å². The van der Waals surface area contributed by atoms with Gasteiger partial charge in [-0.25, -0.2) is 14.5 Å². The normalized spacial score (nSPS) is 14.9. The molecule has 1 aromatic rings. The fourth-order valence-electron chi connectivity index (χ4n) is 5.51. The fourth-order valence-corrected chi connectivity index (χ4v) is 5.51. The van der Waals surface area contributed by atoms with Crippen LogP contribution in [0.4, 0.5) is 10.5 Å². The van der Waals surface area contributed by atoms with Crippen molar-refractivity contribution in [2.24, 2.45) is 5.41 Å². The first-order valence-corrected chi connectivity index (χ1v) is 18.1. The number of nitrogens with zero attached hydrogens (tertiary/aromatic N) is 1. The van der Waals surface area contributed by atoms with Crippen LogP contribution in [-0.4, -0.2) is 59.4 Å². The zero-order valence-electron chi connectivity index (χ0n) is 30.5. The van der Waals surface area contributed by atoms with Gasteiger partial charge >= 0.3 is 12.1 Å². The molecule has 270 valence electrons. The number of rotatable bonds is 23. The molecule has 1 unspecified atom stereocenters. The molecule has 0 spiro atoms. The highest BCUT2D eigenvalue weighted by molar-refractivity contribution is 6.19. The second kappa shape index (κ2) is 20.2. The predicted molar refractivity (Wildman–Crippen MR) is 187 cm³/mol. The maximum atomic E-state index is 13.7. The average Bonchev–Trinajstić information content (AvgIpc) is 3.23. The fraction of sp³-hybridized carbons (Fsp3) is 0.711. The molecule has 48 heavy (non-hydrogen) atoms. The lowest BCUT2D eigenvalue weighted by molar-refractivity contribution is -0.145. The number of ketones is 1. The summed E-state index contributed by atoms with van der Waals surface area (Å²) >= 11 is 0. The van der Waals surface area contributed by atoms with Crippen molar-refractivity contribution in [1.82, 2.24) is 4.90 Å². The topological polar surface area (TPSA) is 128 Å². The number of benzene rings is 1. The van der Waals surface area contributed by atoms with Gasteiger partial charge in [0, 0.05) is 5.41 Å². The molecule has 3 amide bonds. The molecule has 1 N–H and O–H groups in total. The molecule has 0 bridgehead atoms.